The number of halogens is 1. The largest absolute Gasteiger partial charge is 0.349 e. The summed E-state index contributed by atoms with van der Waals surface area (Å²) in [5.41, 5.74) is 3.56. The molecular formula is C19H21ClN4OS. The van der Waals surface area contributed by atoms with Crippen molar-refractivity contribution in [1.82, 2.24) is 20.1 Å². The van der Waals surface area contributed by atoms with Gasteiger partial charge in [-0.05, 0) is 32.3 Å². The molecule has 1 fully saturated rings. The molecule has 1 saturated carbocycles. The van der Waals surface area contributed by atoms with Crippen LogP contribution < -0.4 is 5.32 Å². The highest BCUT2D eigenvalue weighted by Crippen LogP contribution is 2.42. The second-order valence-corrected chi connectivity index (χ2v) is 8.36. The van der Waals surface area contributed by atoms with Crippen LogP contribution in [0.15, 0.2) is 12.4 Å². The highest BCUT2D eigenvalue weighted by atomic mass is 35.5. The second-order valence-electron chi connectivity index (χ2n) is 6.98. The Morgan fingerprint density at radius 3 is 2.73 bits per heavy atom. The summed E-state index contributed by atoms with van der Waals surface area (Å²) in [7, 11) is 1.87. The molecule has 3 heterocycles. The maximum absolute atomic E-state index is 13.1. The van der Waals surface area contributed by atoms with Crippen LogP contribution in [0.1, 0.15) is 46.6 Å². The lowest BCUT2D eigenvalue weighted by Crippen LogP contribution is -2.32. The first-order chi connectivity index (χ1) is 12.5. The van der Waals surface area contributed by atoms with E-state index in [1.165, 1.54) is 24.2 Å². The van der Waals surface area contributed by atoms with Gasteiger partial charge in [-0.25, -0.2) is 4.98 Å². The standard InChI is InChI=1S/C19H21ClN4OS/c1-10-14-15(12-8-21-24(3)9-12)17(18(25)23-13-6-4-5-7-13)26-19(14)22-11(2)16(10)20/h8-9,13H,4-7H2,1-3H3,(H,23,25). The summed E-state index contributed by atoms with van der Waals surface area (Å²) in [6, 6.07) is 0.272. The normalized spacial score (nSPS) is 15.1. The summed E-state index contributed by atoms with van der Waals surface area (Å²) in [5.74, 6) is -0.0214. The fourth-order valence-electron chi connectivity index (χ4n) is 3.74. The first-order valence-electron chi connectivity index (χ1n) is 8.84. The lowest BCUT2D eigenvalue weighted by Gasteiger charge is -2.12. The van der Waals surface area contributed by atoms with Crippen molar-refractivity contribution in [3.63, 3.8) is 0 Å². The smallest absolute Gasteiger partial charge is 0.262 e. The lowest BCUT2D eigenvalue weighted by molar-refractivity contribution is 0.0942. The molecule has 0 atom stereocenters. The number of hydrogen-bond donors (Lipinski definition) is 1. The van der Waals surface area contributed by atoms with Crippen molar-refractivity contribution in [2.45, 2.75) is 45.6 Å². The average molecular weight is 389 g/mol. The first kappa shape index (κ1) is 17.5. The minimum atomic E-state index is -0.0214. The number of hydrogen-bond acceptors (Lipinski definition) is 4. The van der Waals surface area contributed by atoms with Crippen LogP contribution >= 0.6 is 22.9 Å². The maximum atomic E-state index is 13.1. The topological polar surface area (TPSA) is 59.8 Å². The van der Waals surface area contributed by atoms with Gasteiger partial charge in [0.05, 0.1) is 16.9 Å². The molecule has 3 aromatic rings. The van der Waals surface area contributed by atoms with E-state index in [1.807, 2.05) is 27.1 Å². The highest BCUT2D eigenvalue weighted by molar-refractivity contribution is 7.21. The van der Waals surface area contributed by atoms with Crippen LogP contribution in [-0.2, 0) is 7.05 Å². The molecule has 7 heteroatoms. The van der Waals surface area contributed by atoms with E-state index in [0.29, 0.717) is 9.90 Å². The van der Waals surface area contributed by atoms with Crippen LogP contribution in [0.5, 0.6) is 0 Å². The molecule has 0 unspecified atom stereocenters. The van der Waals surface area contributed by atoms with E-state index < -0.39 is 0 Å². The Morgan fingerprint density at radius 1 is 1.35 bits per heavy atom. The molecule has 0 bridgehead atoms. The van der Waals surface area contributed by atoms with Crippen LogP contribution in [-0.4, -0.2) is 26.7 Å². The van der Waals surface area contributed by atoms with Crippen molar-refractivity contribution < 1.29 is 4.79 Å². The number of rotatable bonds is 3. The van der Waals surface area contributed by atoms with Gasteiger partial charge >= 0.3 is 0 Å². The van der Waals surface area contributed by atoms with E-state index in [-0.39, 0.29) is 11.9 Å². The molecular weight excluding hydrogens is 368 g/mol. The van der Waals surface area contributed by atoms with Gasteiger partial charge in [0.25, 0.3) is 5.91 Å². The van der Waals surface area contributed by atoms with Crippen LogP contribution in [0.2, 0.25) is 5.02 Å². The van der Waals surface area contributed by atoms with E-state index in [2.05, 4.69) is 15.4 Å². The molecule has 0 aliphatic heterocycles. The number of aromatic nitrogens is 3. The van der Waals surface area contributed by atoms with E-state index in [9.17, 15) is 4.79 Å². The zero-order valence-electron chi connectivity index (χ0n) is 15.1. The predicted octanol–water partition coefficient (Wildman–Crippen LogP) is 4.64. The van der Waals surface area contributed by atoms with Gasteiger partial charge in [0.15, 0.2) is 0 Å². The van der Waals surface area contributed by atoms with Crippen molar-refractivity contribution >= 4 is 39.1 Å². The van der Waals surface area contributed by atoms with Crippen molar-refractivity contribution in [2.75, 3.05) is 0 Å². The number of aryl methyl sites for hydroxylation is 3. The van der Waals surface area contributed by atoms with Gasteiger partial charge in [0.1, 0.15) is 9.71 Å². The number of pyridine rings is 1. The Morgan fingerprint density at radius 2 is 2.08 bits per heavy atom. The molecule has 0 spiro atoms. The molecule has 4 rings (SSSR count). The zero-order chi connectivity index (χ0) is 18.4. The third-order valence-corrected chi connectivity index (χ3v) is 6.71. The molecule has 3 aromatic heterocycles. The quantitative estimate of drug-likeness (QED) is 0.711. The van der Waals surface area contributed by atoms with Crippen molar-refractivity contribution in [3.05, 3.63) is 33.6 Å². The minimum absolute atomic E-state index is 0.0214. The SMILES string of the molecule is Cc1nc2sc(C(=O)NC3CCCC3)c(-c3cnn(C)c3)c2c(C)c1Cl. The summed E-state index contributed by atoms with van der Waals surface area (Å²) >= 11 is 7.91. The Hall–Kier alpha value is -1.92. The second kappa shape index (κ2) is 6.67. The molecule has 1 aliphatic carbocycles. The third kappa shape index (κ3) is 2.91. The molecule has 5 nitrogen and oxygen atoms in total. The molecule has 136 valence electrons. The van der Waals surface area contributed by atoms with Gasteiger partial charge in [-0.2, -0.15) is 5.10 Å². The average Bonchev–Trinajstić information content (AvgIpc) is 3.32. The third-order valence-electron chi connectivity index (χ3n) is 5.07. The highest BCUT2D eigenvalue weighted by Gasteiger charge is 2.26. The van der Waals surface area contributed by atoms with Crippen molar-refractivity contribution in [1.29, 1.82) is 0 Å². The number of fused-ring (bicyclic) bond motifs is 1. The molecule has 1 N–H and O–H groups in total. The number of carbonyl (C=O) groups is 1. The van der Waals surface area contributed by atoms with Crippen molar-refractivity contribution in [3.8, 4) is 11.1 Å². The molecule has 1 amide bonds. The Balaban J connectivity index is 1.90. The number of thiophene rings is 1. The fourth-order valence-corrected chi connectivity index (χ4v) is 5.08. The van der Waals surface area contributed by atoms with Gasteiger partial charge in [-0.1, -0.05) is 24.4 Å². The monoisotopic (exact) mass is 388 g/mol. The first-order valence-corrected chi connectivity index (χ1v) is 10.0. The van der Waals surface area contributed by atoms with E-state index in [4.69, 9.17) is 11.6 Å². The molecule has 0 radical (unpaired) electrons. The minimum Gasteiger partial charge on any atom is -0.349 e. The Labute approximate surface area is 161 Å². The van der Waals surface area contributed by atoms with E-state index in [0.717, 1.165) is 45.4 Å². The van der Waals surface area contributed by atoms with E-state index >= 15 is 0 Å². The van der Waals surface area contributed by atoms with Gasteiger partial charge in [0, 0.05) is 35.8 Å². The lowest BCUT2D eigenvalue weighted by atomic mass is 10.0. The van der Waals surface area contributed by atoms with Crippen LogP contribution in [0, 0.1) is 13.8 Å². The zero-order valence-corrected chi connectivity index (χ0v) is 16.7. The number of nitrogens with zero attached hydrogens (tertiary/aromatic N) is 3. The maximum Gasteiger partial charge on any atom is 0.262 e. The molecule has 0 aromatic carbocycles. The summed E-state index contributed by atoms with van der Waals surface area (Å²) < 4.78 is 1.75. The van der Waals surface area contributed by atoms with E-state index in [1.54, 1.807) is 10.9 Å². The van der Waals surface area contributed by atoms with Crippen molar-refractivity contribution in [2.24, 2.45) is 7.05 Å². The van der Waals surface area contributed by atoms with Gasteiger partial charge < -0.3 is 5.32 Å². The Bertz CT molecular complexity index is 1000. The predicted molar refractivity (Wildman–Crippen MR) is 106 cm³/mol. The molecule has 26 heavy (non-hydrogen) atoms. The Kier molecular flexibility index (Phi) is 4.49. The number of nitrogens with one attached hydrogen (secondary N) is 1. The molecule has 1 aliphatic rings. The molecule has 0 saturated heterocycles. The summed E-state index contributed by atoms with van der Waals surface area (Å²) in [5, 5.41) is 9.10. The van der Waals surface area contributed by atoms with Gasteiger partial charge in [0.2, 0.25) is 0 Å². The number of carbonyl (C=O) groups excluding carboxylic acids is 1. The fraction of sp³-hybridized carbons (Fsp3) is 0.421. The summed E-state index contributed by atoms with van der Waals surface area (Å²) in [6.45, 7) is 3.89. The van der Waals surface area contributed by atoms with Crippen LogP contribution in [0.4, 0.5) is 0 Å². The summed E-state index contributed by atoms with van der Waals surface area (Å²) in [6.07, 6.45) is 8.20. The van der Waals surface area contributed by atoms with Crippen LogP contribution in [0.25, 0.3) is 21.3 Å². The van der Waals surface area contributed by atoms with Gasteiger partial charge in [-0.15, -0.1) is 11.3 Å². The summed E-state index contributed by atoms with van der Waals surface area (Å²) in [4.78, 5) is 19.2. The van der Waals surface area contributed by atoms with Crippen LogP contribution in [0.3, 0.4) is 0 Å². The van der Waals surface area contributed by atoms with Gasteiger partial charge in [-0.3, -0.25) is 9.48 Å². The number of amides is 1.